The first kappa shape index (κ1) is 14.3. The summed E-state index contributed by atoms with van der Waals surface area (Å²) >= 11 is 0. The monoisotopic (exact) mass is 242 g/mol. The van der Waals surface area contributed by atoms with Gasteiger partial charge in [0.15, 0.2) is 0 Å². The van der Waals surface area contributed by atoms with Gasteiger partial charge in [0.05, 0.1) is 0 Å². The molecule has 5 heteroatoms. The number of nitrogens with one attached hydrogen (secondary N) is 2. The quantitative estimate of drug-likeness (QED) is 0.206. The normalized spacial score (nSPS) is 17.4. The van der Waals surface area contributed by atoms with E-state index in [0.717, 1.165) is 32.6 Å². The lowest BCUT2D eigenvalue weighted by atomic mass is 10.2. The Kier molecular flexibility index (Phi) is 7.75. The summed E-state index contributed by atoms with van der Waals surface area (Å²) in [7, 11) is 0. The second-order valence-electron chi connectivity index (χ2n) is 4.47. The third-order valence-corrected chi connectivity index (χ3v) is 2.90. The second kappa shape index (κ2) is 9.24. The SMILES string of the molecule is CCCOCCCN=C(NN)NC1CCCC1. The molecule has 0 atom stereocenters. The highest BCUT2D eigenvalue weighted by Gasteiger charge is 2.15. The van der Waals surface area contributed by atoms with Gasteiger partial charge >= 0.3 is 0 Å². The van der Waals surface area contributed by atoms with Crippen LogP contribution in [-0.4, -0.2) is 31.8 Å². The summed E-state index contributed by atoms with van der Waals surface area (Å²) in [4.78, 5) is 4.39. The van der Waals surface area contributed by atoms with Crippen molar-refractivity contribution >= 4 is 5.96 Å². The first-order valence-electron chi connectivity index (χ1n) is 6.72. The van der Waals surface area contributed by atoms with Crippen molar-refractivity contribution < 1.29 is 4.74 Å². The molecule has 0 bridgehead atoms. The van der Waals surface area contributed by atoms with E-state index in [4.69, 9.17) is 10.6 Å². The maximum absolute atomic E-state index is 5.44. The molecule has 0 saturated heterocycles. The third kappa shape index (κ3) is 6.48. The van der Waals surface area contributed by atoms with Crippen molar-refractivity contribution in [1.29, 1.82) is 0 Å². The van der Waals surface area contributed by atoms with Gasteiger partial charge in [-0.05, 0) is 25.7 Å². The van der Waals surface area contributed by atoms with Crippen LogP contribution in [0.2, 0.25) is 0 Å². The topological polar surface area (TPSA) is 71.7 Å². The number of guanidine groups is 1. The number of ether oxygens (including phenoxy) is 1. The van der Waals surface area contributed by atoms with Crippen LogP contribution >= 0.6 is 0 Å². The van der Waals surface area contributed by atoms with Gasteiger partial charge in [0.1, 0.15) is 0 Å². The summed E-state index contributed by atoms with van der Waals surface area (Å²) in [6.45, 7) is 4.48. The van der Waals surface area contributed by atoms with Gasteiger partial charge in [-0.1, -0.05) is 19.8 Å². The van der Waals surface area contributed by atoms with Crippen LogP contribution in [0.25, 0.3) is 0 Å². The number of hydrogen-bond acceptors (Lipinski definition) is 3. The van der Waals surface area contributed by atoms with Gasteiger partial charge in [-0.2, -0.15) is 0 Å². The highest BCUT2D eigenvalue weighted by Crippen LogP contribution is 2.17. The molecule has 1 saturated carbocycles. The molecule has 5 nitrogen and oxygen atoms in total. The second-order valence-corrected chi connectivity index (χ2v) is 4.47. The summed E-state index contributed by atoms with van der Waals surface area (Å²) in [5, 5.41) is 3.34. The van der Waals surface area contributed by atoms with E-state index in [9.17, 15) is 0 Å². The number of aliphatic imine (C=N–C) groups is 1. The average molecular weight is 242 g/mol. The molecular formula is C12H26N4O. The van der Waals surface area contributed by atoms with E-state index >= 15 is 0 Å². The van der Waals surface area contributed by atoms with Gasteiger partial charge in [-0.3, -0.25) is 10.4 Å². The summed E-state index contributed by atoms with van der Waals surface area (Å²) < 4.78 is 5.39. The van der Waals surface area contributed by atoms with Gasteiger partial charge in [0.2, 0.25) is 5.96 Å². The molecule has 0 heterocycles. The van der Waals surface area contributed by atoms with Crippen LogP contribution in [0, 0.1) is 0 Å². The Bertz CT molecular complexity index is 215. The van der Waals surface area contributed by atoms with Crippen LogP contribution in [-0.2, 0) is 4.74 Å². The fourth-order valence-electron chi connectivity index (χ4n) is 2.00. The van der Waals surface area contributed by atoms with Crippen molar-refractivity contribution in [1.82, 2.24) is 10.7 Å². The van der Waals surface area contributed by atoms with Gasteiger partial charge in [-0.15, -0.1) is 0 Å². The minimum atomic E-state index is 0.543. The van der Waals surface area contributed by atoms with Crippen molar-refractivity contribution in [3.63, 3.8) is 0 Å². The number of rotatable bonds is 7. The molecule has 0 spiro atoms. The molecule has 0 amide bonds. The minimum Gasteiger partial charge on any atom is -0.381 e. The number of hydrogen-bond donors (Lipinski definition) is 3. The molecule has 17 heavy (non-hydrogen) atoms. The minimum absolute atomic E-state index is 0.543. The van der Waals surface area contributed by atoms with E-state index in [0.29, 0.717) is 12.0 Å². The Balaban J connectivity index is 2.10. The van der Waals surface area contributed by atoms with Crippen molar-refractivity contribution in [3.05, 3.63) is 0 Å². The van der Waals surface area contributed by atoms with E-state index in [1.165, 1.54) is 25.7 Å². The zero-order valence-corrected chi connectivity index (χ0v) is 10.9. The lowest BCUT2D eigenvalue weighted by Gasteiger charge is -2.14. The largest absolute Gasteiger partial charge is 0.381 e. The third-order valence-electron chi connectivity index (χ3n) is 2.90. The van der Waals surface area contributed by atoms with Crippen LogP contribution in [0.15, 0.2) is 4.99 Å². The van der Waals surface area contributed by atoms with Gasteiger partial charge in [-0.25, -0.2) is 5.84 Å². The average Bonchev–Trinajstić information content (AvgIpc) is 2.85. The molecule has 1 rings (SSSR count). The predicted molar refractivity (Wildman–Crippen MR) is 70.7 cm³/mol. The van der Waals surface area contributed by atoms with E-state index in [1.54, 1.807) is 0 Å². The Morgan fingerprint density at radius 1 is 1.35 bits per heavy atom. The molecule has 0 aromatic rings. The van der Waals surface area contributed by atoms with Gasteiger partial charge in [0, 0.05) is 25.8 Å². The summed E-state index contributed by atoms with van der Waals surface area (Å²) in [5.74, 6) is 6.15. The fraction of sp³-hybridized carbons (Fsp3) is 0.917. The van der Waals surface area contributed by atoms with Crippen LogP contribution in [0.3, 0.4) is 0 Å². The standard InChI is InChI=1S/C12H26N4O/c1-2-9-17-10-5-8-14-12(16-13)15-11-6-3-4-7-11/h11H,2-10,13H2,1H3,(H2,14,15,16). The number of nitrogens with two attached hydrogens (primary N) is 1. The van der Waals surface area contributed by atoms with Gasteiger partial charge < -0.3 is 10.1 Å². The fourth-order valence-corrected chi connectivity index (χ4v) is 2.00. The highest BCUT2D eigenvalue weighted by atomic mass is 16.5. The van der Waals surface area contributed by atoms with Crippen molar-refractivity contribution in [2.75, 3.05) is 19.8 Å². The van der Waals surface area contributed by atoms with Crippen molar-refractivity contribution in [2.45, 2.75) is 51.5 Å². The maximum atomic E-state index is 5.44. The van der Waals surface area contributed by atoms with E-state index in [2.05, 4.69) is 22.7 Å². The predicted octanol–water partition coefficient (Wildman–Crippen LogP) is 1.15. The smallest absolute Gasteiger partial charge is 0.205 e. The molecule has 0 radical (unpaired) electrons. The summed E-state index contributed by atoms with van der Waals surface area (Å²) in [6, 6.07) is 0.543. The van der Waals surface area contributed by atoms with E-state index in [-0.39, 0.29) is 0 Å². The Hall–Kier alpha value is -0.810. The molecule has 0 unspecified atom stereocenters. The first-order chi connectivity index (χ1) is 8.36. The molecule has 0 aromatic heterocycles. The molecular weight excluding hydrogens is 216 g/mol. The Labute approximate surface area is 104 Å². The lowest BCUT2D eigenvalue weighted by Crippen LogP contribution is -2.45. The molecule has 1 aliphatic rings. The van der Waals surface area contributed by atoms with Crippen LogP contribution in [0.4, 0.5) is 0 Å². The highest BCUT2D eigenvalue weighted by molar-refractivity contribution is 5.79. The summed E-state index contributed by atoms with van der Waals surface area (Å²) in [5.41, 5.74) is 2.63. The van der Waals surface area contributed by atoms with E-state index < -0.39 is 0 Å². The maximum Gasteiger partial charge on any atom is 0.205 e. The van der Waals surface area contributed by atoms with Crippen LogP contribution in [0.5, 0.6) is 0 Å². The Morgan fingerprint density at radius 2 is 2.12 bits per heavy atom. The zero-order chi connectivity index (χ0) is 12.3. The summed E-state index contributed by atoms with van der Waals surface area (Å²) in [6.07, 6.45) is 7.07. The molecule has 1 fully saturated rings. The van der Waals surface area contributed by atoms with Crippen LogP contribution in [0.1, 0.15) is 45.4 Å². The lowest BCUT2D eigenvalue weighted by molar-refractivity contribution is 0.134. The van der Waals surface area contributed by atoms with Crippen molar-refractivity contribution in [2.24, 2.45) is 10.8 Å². The zero-order valence-electron chi connectivity index (χ0n) is 10.9. The number of nitrogens with zero attached hydrogens (tertiary/aromatic N) is 1. The van der Waals surface area contributed by atoms with Gasteiger partial charge in [0.25, 0.3) is 0 Å². The molecule has 100 valence electrons. The molecule has 4 N–H and O–H groups in total. The molecule has 0 aromatic carbocycles. The molecule has 1 aliphatic carbocycles. The van der Waals surface area contributed by atoms with Crippen LogP contribution < -0.4 is 16.6 Å². The van der Waals surface area contributed by atoms with Crippen molar-refractivity contribution in [3.8, 4) is 0 Å². The molecule has 0 aliphatic heterocycles. The van der Waals surface area contributed by atoms with E-state index in [1.807, 2.05) is 0 Å². The number of hydrazine groups is 1. The first-order valence-corrected chi connectivity index (χ1v) is 6.72. The Morgan fingerprint density at radius 3 is 2.76 bits per heavy atom.